The number of rotatable bonds is 3. The van der Waals surface area contributed by atoms with Crippen molar-refractivity contribution in [1.29, 1.82) is 0 Å². The van der Waals surface area contributed by atoms with Crippen LogP contribution in [-0.4, -0.2) is 15.7 Å². The van der Waals surface area contributed by atoms with Gasteiger partial charge in [-0.3, -0.25) is 4.79 Å². The third-order valence-corrected chi connectivity index (χ3v) is 3.25. The summed E-state index contributed by atoms with van der Waals surface area (Å²) in [7, 11) is 0. The summed E-state index contributed by atoms with van der Waals surface area (Å²) in [6.07, 6.45) is 1.16. The highest BCUT2D eigenvalue weighted by Gasteiger charge is 2.45. The summed E-state index contributed by atoms with van der Waals surface area (Å²) < 4.78 is 32.0. The van der Waals surface area contributed by atoms with Crippen molar-refractivity contribution in [2.45, 2.75) is 25.3 Å². The first-order valence-corrected chi connectivity index (χ1v) is 6.03. The van der Waals surface area contributed by atoms with Gasteiger partial charge in [-0.05, 0) is 24.1 Å². The van der Waals surface area contributed by atoms with Crippen LogP contribution in [0.3, 0.4) is 0 Å². The molecule has 0 unspecified atom stereocenters. The van der Waals surface area contributed by atoms with Crippen molar-refractivity contribution in [3.05, 3.63) is 40.9 Å². The summed E-state index contributed by atoms with van der Waals surface area (Å²) in [4.78, 5) is 11.7. The second kappa shape index (κ2) is 4.29. The lowest BCUT2D eigenvalue weighted by Gasteiger charge is -2.34. The molecule has 0 amide bonds. The molecule has 100 valence electrons. The molecule has 2 aromatic heterocycles. The smallest absolute Gasteiger partial charge is 0.266 e. The predicted molar refractivity (Wildman–Crippen MR) is 63.9 cm³/mol. The van der Waals surface area contributed by atoms with Crippen LogP contribution in [0.5, 0.6) is 0 Å². The van der Waals surface area contributed by atoms with E-state index in [1.807, 2.05) is 0 Å². The lowest BCUT2D eigenvalue weighted by atomic mass is 9.81. The fourth-order valence-electron chi connectivity index (χ4n) is 2.29. The molecule has 3 rings (SSSR count). The third kappa shape index (κ3) is 2.43. The summed E-state index contributed by atoms with van der Waals surface area (Å²) in [6.45, 7) is 0.225. The first-order valence-electron chi connectivity index (χ1n) is 6.03. The van der Waals surface area contributed by atoms with E-state index in [0.29, 0.717) is 11.5 Å². The zero-order valence-corrected chi connectivity index (χ0v) is 10.1. The van der Waals surface area contributed by atoms with Gasteiger partial charge in [-0.1, -0.05) is 0 Å². The maximum atomic E-state index is 12.8. The fraction of sp³-hybridized carbons (Fsp3) is 0.385. The molecule has 1 aliphatic carbocycles. The Kier molecular flexibility index (Phi) is 2.73. The van der Waals surface area contributed by atoms with E-state index in [4.69, 9.17) is 4.42 Å². The Balaban J connectivity index is 1.81. The van der Waals surface area contributed by atoms with Crippen LogP contribution in [0.1, 0.15) is 12.8 Å². The molecule has 2 aromatic rings. The molecule has 19 heavy (non-hydrogen) atoms. The first-order chi connectivity index (χ1) is 9.03. The highest BCUT2D eigenvalue weighted by Crippen LogP contribution is 2.42. The molecule has 0 bridgehead atoms. The van der Waals surface area contributed by atoms with E-state index in [-0.39, 0.29) is 30.9 Å². The molecule has 0 spiro atoms. The Morgan fingerprint density at radius 2 is 2.16 bits per heavy atom. The van der Waals surface area contributed by atoms with Crippen LogP contribution >= 0.6 is 0 Å². The molecule has 6 heteroatoms. The van der Waals surface area contributed by atoms with E-state index < -0.39 is 5.92 Å². The summed E-state index contributed by atoms with van der Waals surface area (Å²) in [5.41, 5.74) is 0.237. The Bertz CT molecular complexity index is 626. The highest BCUT2D eigenvalue weighted by atomic mass is 19.3. The molecule has 0 saturated heterocycles. The number of alkyl halides is 2. The van der Waals surface area contributed by atoms with Crippen LogP contribution < -0.4 is 5.56 Å². The van der Waals surface area contributed by atoms with Crippen LogP contribution in [0.2, 0.25) is 0 Å². The Morgan fingerprint density at radius 3 is 2.79 bits per heavy atom. The molecule has 0 atom stereocenters. The van der Waals surface area contributed by atoms with Crippen LogP contribution in [0.15, 0.2) is 39.7 Å². The number of aromatic nitrogens is 2. The van der Waals surface area contributed by atoms with E-state index in [9.17, 15) is 13.6 Å². The SMILES string of the molecule is O=c1ccc(-c2ccco2)nn1CC1CC(F)(F)C1. The van der Waals surface area contributed by atoms with E-state index in [1.54, 1.807) is 18.2 Å². The van der Waals surface area contributed by atoms with Gasteiger partial charge in [-0.25, -0.2) is 13.5 Å². The van der Waals surface area contributed by atoms with Crippen molar-refractivity contribution in [1.82, 2.24) is 9.78 Å². The second-order valence-electron chi connectivity index (χ2n) is 4.85. The summed E-state index contributed by atoms with van der Waals surface area (Å²) in [6, 6.07) is 6.39. The maximum Gasteiger partial charge on any atom is 0.266 e. The standard InChI is InChI=1S/C13H12F2N2O2/c14-13(15)6-9(7-13)8-17-12(18)4-3-10(16-17)11-2-1-5-19-11/h1-5,9H,6-8H2. The predicted octanol–water partition coefficient (Wildman–Crippen LogP) is 2.55. The average molecular weight is 266 g/mol. The Morgan fingerprint density at radius 1 is 1.37 bits per heavy atom. The lowest BCUT2D eigenvalue weighted by Crippen LogP contribution is -2.40. The molecule has 1 aliphatic rings. The Labute approximate surface area is 107 Å². The minimum Gasteiger partial charge on any atom is -0.463 e. The highest BCUT2D eigenvalue weighted by molar-refractivity contribution is 5.50. The average Bonchev–Trinajstić information content (AvgIpc) is 2.83. The topological polar surface area (TPSA) is 48.0 Å². The van der Waals surface area contributed by atoms with Gasteiger partial charge in [-0.15, -0.1) is 0 Å². The van der Waals surface area contributed by atoms with Gasteiger partial charge in [0.1, 0.15) is 5.69 Å². The monoisotopic (exact) mass is 266 g/mol. The molecule has 0 aliphatic heterocycles. The molecule has 0 radical (unpaired) electrons. The number of nitrogens with zero attached hydrogens (tertiary/aromatic N) is 2. The van der Waals surface area contributed by atoms with Gasteiger partial charge in [0.15, 0.2) is 5.76 Å². The van der Waals surface area contributed by atoms with Gasteiger partial charge in [0.25, 0.3) is 5.56 Å². The van der Waals surface area contributed by atoms with Crippen molar-refractivity contribution >= 4 is 0 Å². The molecule has 1 fully saturated rings. The van der Waals surface area contributed by atoms with Gasteiger partial charge in [0.05, 0.1) is 6.26 Å². The molecule has 2 heterocycles. The van der Waals surface area contributed by atoms with E-state index in [0.717, 1.165) is 0 Å². The zero-order chi connectivity index (χ0) is 13.5. The van der Waals surface area contributed by atoms with Gasteiger partial charge < -0.3 is 4.42 Å². The number of hydrogen-bond donors (Lipinski definition) is 0. The molecular formula is C13H12F2N2O2. The van der Waals surface area contributed by atoms with Gasteiger partial charge >= 0.3 is 0 Å². The number of hydrogen-bond acceptors (Lipinski definition) is 3. The van der Waals surface area contributed by atoms with E-state index in [1.165, 1.54) is 17.0 Å². The molecule has 0 N–H and O–H groups in total. The van der Waals surface area contributed by atoms with Crippen LogP contribution in [0, 0.1) is 5.92 Å². The van der Waals surface area contributed by atoms with Gasteiger partial charge in [0.2, 0.25) is 5.92 Å². The minimum atomic E-state index is -2.58. The van der Waals surface area contributed by atoms with E-state index in [2.05, 4.69) is 5.10 Å². The normalized spacial score (nSPS) is 18.2. The van der Waals surface area contributed by atoms with Crippen molar-refractivity contribution in [2.75, 3.05) is 0 Å². The van der Waals surface area contributed by atoms with Crippen molar-refractivity contribution in [3.8, 4) is 11.5 Å². The van der Waals surface area contributed by atoms with Crippen LogP contribution in [0.4, 0.5) is 8.78 Å². The summed E-state index contributed by atoms with van der Waals surface area (Å²) in [5, 5.41) is 4.15. The third-order valence-electron chi connectivity index (χ3n) is 3.25. The van der Waals surface area contributed by atoms with Crippen molar-refractivity contribution < 1.29 is 13.2 Å². The van der Waals surface area contributed by atoms with Crippen molar-refractivity contribution in [3.63, 3.8) is 0 Å². The zero-order valence-electron chi connectivity index (χ0n) is 10.1. The molecule has 4 nitrogen and oxygen atoms in total. The first kappa shape index (κ1) is 12.1. The number of furan rings is 1. The van der Waals surface area contributed by atoms with E-state index >= 15 is 0 Å². The molecular weight excluding hydrogens is 254 g/mol. The van der Waals surface area contributed by atoms with Crippen LogP contribution in [0.25, 0.3) is 11.5 Å². The quantitative estimate of drug-likeness (QED) is 0.857. The van der Waals surface area contributed by atoms with Crippen molar-refractivity contribution in [2.24, 2.45) is 5.92 Å². The summed E-state index contributed by atoms with van der Waals surface area (Å²) >= 11 is 0. The van der Waals surface area contributed by atoms with Crippen LogP contribution in [-0.2, 0) is 6.54 Å². The lowest BCUT2D eigenvalue weighted by molar-refractivity contribution is -0.115. The second-order valence-corrected chi connectivity index (χ2v) is 4.85. The maximum absolute atomic E-state index is 12.8. The fourth-order valence-corrected chi connectivity index (χ4v) is 2.29. The summed E-state index contributed by atoms with van der Waals surface area (Å²) in [5.74, 6) is -2.22. The largest absolute Gasteiger partial charge is 0.463 e. The van der Waals surface area contributed by atoms with Gasteiger partial charge in [-0.2, -0.15) is 5.10 Å². The minimum absolute atomic E-state index is 0.175. The molecule has 1 saturated carbocycles. The number of halogens is 2. The molecule has 0 aromatic carbocycles. The Hall–Kier alpha value is -1.98. The van der Waals surface area contributed by atoms with Gasteiger partial charge in [0, 0.05) is 25.5 Å².